The van der Waals surface area contributed by atoms with Crippen LogP contribution in [0.4, 0.5) is 13.2 Å². The summed E-state index contributed by atoms with van der Waals surface area (Å²) in [5.41, 5.74) is -1.20. The number of likely N-dealkylation sites (N-methyl/N-ethyl adjacent to an activating group) is 1. The molecule has 1 N–H and O–H groups in total. The molecule has 21 heavy (non-hydrogen) atoms. The fourth-order valence-electron chi connectivity index (χ4n) is 2.78. The molecule has 1 aliphatic rings. The lowest BCUT2D eigenvalue weighted by Crippen LogP contribution is -2.40. The molecule has 0 saturated carbocycles. The molecule has 1 fully saturated rings. The van der Waals surface area contributed by atoms with Crippen molar-refractivity contribution in [2.45, 2.75) is 32.0 Å². The van der Waals surface area contributed by atoms with Crippen molar-refractivity contribution in [3.8, 4) is 0 Å². The predicted octanol–water partition coefficient (Wildman–Crippen LogP) is 2.92. The average molecular weight is 300 g/mol. The Bertz CT molecular complexity index is 502. The molecule has 2 rings (SSSR count). The van der Waals surface area contributed by atoms with E-state index in [-0.39, 0.29) is 11.6 Å². The molecule has 3 nitrogen and oxygen atoms in total. The molecule has 116 valence electrons. The second-order valence-corrected chi connectivity index (χ2v) is 5.18. The average Bonchev–Trinajstić information content (AvgIpc) is 2.91. The molecule has 1 amide bonds. The number of nitrogens with zero attached hydrogens (tertiary/aromatic N) is 1. The first-order chi connectivity index (χ1) is 9.93. The van der Waals surface area contributed by atoms with Gasteiger partial charge in [-0.3, -0.25) is 9.69 Å². The van der Waals surface area contributed by atoms with Crippen molar-refractivity contribution in [3.05, 3.63) is 35.4 Å². The van der Waals surface area contributed by atoms with Crippen molar-refractivity contribution >= 4 is 5.91 Å². The first-order valence-electron chi connectivity index (χ1n) is 7.12. The zero-order chi connectivity index (χ0) is 15.5. The standard InChI is InChI=1S/C15H19F3N2O/c1-2-20-9-5-6-11(20)10-19-14(21)12-7-3-4-8-13(12)15(16,17)18/h3-4,7-8,11H,2,5-6,9-10H2,1H3,(H,19,21)/t11-/m1/s1. The van der Waals surface area contributed by atoms with Gasteiger partial charge in [-0.1, -0.05) is 19.1 Å². The van der Waals surface area contributed by atoms with Crippen molar-refractivity contribution < 1.29 is 18.0 Å². The van der Waals surface area contributed by atoms with Crippen molar-refractivity contribution in [2.75, 3.05) is 19.6 Å². The Labute approximate surface area is 122 Å². The molecule has 6 heteroatoms. The van der Waals surface area contributed by atoms with Gasteiger partial charge in [-0.05, 0) is 38.1 Å². The fraction of sp³-hybridized carbons (Fsp3) is 0.533. The molecular formula is C15H19F3N2O. The van der Waals surface area contributed by atoms with Gasteiger partial charge in [-0.2, -0.15) is 13.2 Å². The lowest BCUT2D eigenvalue weighted by atomic mass is 10.1. The van der Waals surface area contributed by atoms with Crippen molar-refractivity contribution in [3.63, 3.8) is 0 Å². The summed E-state index contributed by atoms with van der Waals surface area (Å²) in [6.45, 7) is 4.30. The third-order valence-electron chi connectivity index (χ3n) is 3.88. The van der Waals surface area contributed by atoms with E-state index in [4.69, 9.17) is 0 Å². The van der Waals surface area contributed by atoms with E-state index in [9.17, 15) is 18.0 Å². The Morgan fingerprint density at radius 3 is 2.76 bits per heavy atom. The molecule has 0 unspecified atom stereocenters. The van der Waals surface area contributed by atoms with Crippen LogP contribution in [0.5, 0.6) is 0 Å². The van der Waals surface area contributed by atoms with Crippen LogP contribution in [0.25, 0.3) is 0 Å². The van der Waals surface area contributed by atoms with Crippen LogP contribution in [0.15, 0.2) is 24.3 Å². The Hall–Kier alpha value is -1.56. The molecule has 1 aromatic carbocycles. The Balaban J connectivity index is 2.04. The number of hydrogen-bond donors (Lipinski definition) is 1. The van der Waals surface area contributed by atoms with E-state index in [2.05, 4.69) is 10.2 Å². The number of hydrogen-bond acceptors (Lipinski definition) is 2. The van der Waals surface area contributed by atoms with E-state index < -0.39 is 17.6 Å². The van der Waals surface area contributed by atoms with Gasteiger partial charge in [0.2, 0.25) is 0 Å². The van der Waals surface area contributed by atoms with Crippen LogP contribution in [0.2, 0.25) is 0 Å². The smallest absolute Gasteiger partial charge is 0.350 e. The highest BCUT2D eigenvalue weighted by atomic mass is 19.4. The highest BCUT2D eigenvalue weighted by Crippen LogP contribution is 2.31. The normalized spacial score (nSPS) is 19.7. The van der Waals surface area contributed by atoms with Gasteiger partial charge in [0, 0.05) is 12.6 Å². The predicted molar refractivity (Wildman–Crippen MR) is 74.0 cm³/mol. The van der Waals surface area contributed by atoms with Crippen LogP contribution in [0.1, 0.15) is 35.7 Å². The fourth-order valence-corrected chi connectivity index (χ4v) is 2.78. The third-order valence-corrected chi connectivity index (χ3v) is 3.88. The SMILES string of the molecule is CCN1CCC[C@@H]1CNC(=O)c1ccccc1C(F)(F)F. The molecule has 1 heterocycles. The van der Waals surface area contributed by atoms with Gasteiger partial charge in [-0.25, -0.2) is 0 Å². The third kappa shape index (κ3) is 3.75. The van der Waals surface area contributed by atoms with Gasteiger partial charge in [-0.15, -0.1) is 0 Å². The number of halogens is 3. The van der Waals surface area contributed by atoms with E-state index in [1.54, 1.807) is 0 Å². The molecule has 0 radical (unpaired) electrons. The summed E-state index contributed by atoms with van der Waals surface area (Å²) in [5.74, 6) is -0.661. The minimum atomic E-state index is -4.52. The minimum absolute atomic E-state index is 0.219. The van der Waals surface area contributed by atoms with E-state index in [0.717, 1.165) is 32.0 Å². The van der Waals surface area contributed by atoms with Gasteiger partial charge in [0.1, 0.15) is 0 Å². The van der Waals surface area contributed by atoms with Crippen LogP contribution in [-0.2, 0) is 6.18 Å². The van der Waals surface area contributed by atoms with Gasteiger partial charge in [0.25, 0.3) is 5.91 Å². The highest BCUT2D eigenvalue weighted by molar-refractivity contribution is 5.95. The maximum Gasteiger partial charge on any atom is 0.417 e. The lowest BCUT2D eigenvalue weighted by Gasteiger charge is -2.23. The molecule has 0 bridgehead atoms. The molecule has 1 saturated heterocycles. The van der Waals surface area contributed by atoms with E-state index in [1.807, 2.05) is 6.92 Å². The number of carbonyl (C=O) groups is 1. The molecule has 1 atom stereocenters. The molecule has 1 aromatic rings. The molecule has 0 aromatic heterocycles. The summed E-state index contributed by atoms with van der Waals surface area (Å²) in [6.07, 6.45) is -2.49. The van der Waals surface area contributed by atoms with Crippen LogP contribution >= 0.6 is 0 Å². The summed E-state index contributed by atoms with van der Waals surface area (Å²) in [5, 5.41) is 2.64. The monoisotopic (exact) mass is 300 g/mol. The molecule has 0 spiro atoms. The molecule has 1 aliphatic heterocycles. The second kappa shape index (κ2) is 6.47. The number of benzene rings is 1. The highest BCUT2D eigenvalue weighted by Gasteiger charge is 2.35. The van der Waals surface area contributed by atoms with E-state index in [0.29, 0.717) is 6.54 Å². The molecular weight excluding hydrogens is 281 g/mol. The quantitative estimate of drug-likeness (QED) is 0.927. The number of nitrogens with one attached hydrogen (secondary N) is 1. The Kier molecular flexibility index (Phi) is 4.88. The first kappa shape index (κ1) is 15.8. The topological polar surface area (TPSA) is 32.3 Å². The second-order valence-electron chi connectivity index (χ2n) is 5.18. The van der Waals surface area contributed by atoms with Crippen molar-refractivity contribution in [1.29, 1.82) is 0 Å². The van der Waals surface area contributed by atoms with Gasteiger partial charge >= 0.3 is 6.18 Å². The Morgan fingerprint density at radius 1 is 1.38 bits per heavy atom. The number of carbonyl (C=O) groups excluding carboxylic acids is 1. The number of likely N-dealkylation sites (tertiary alicyclic amines) is 1. The number of rotatable bonds is 4. The van der Waals surface area contributed by atoms with Crippen LogP contribution in [0, 0.1) is 0 Å². The number of amides is 1. The van der Waals surface area contributed by atoms with Crippen molar-refractivity contribution in [1.82, 2.24) is 10.2 Å². The summed E-state index contributed by atoms with van der Waals surface area (Å²) < 4.78 is 38.6. The first-order valence-corrected chi connectivity index (χ1v) is 7.12. The molecule has 0 aliphatic carbocycles. The summed E-state index contributed by atoms with van der Waals surface area (Å²) >= 11 is 0. The summed E-state index contributed by atoms with van der Waals surface area (Å²) in [6, 6.07) is 5.10. The zero-order valence-corrected chi connectivity index (χ0v) is 11.9. The maximum atomic E-state index is 12.9. The Morgan fingerprint density at radius 2 is 2.10 bits per heavy atom. The maximum absolute atomic E-state index is 12.9. The van der Waals surface area contributed by atoms with E-state index in [1.165, 1.54) is 18.2 Å². The lowest BCUT2D eigenvalue weighted by molar-refractivity contribution is -0.137. The van der Waals surface area contributed by atoms with Gasteiger partial charge in [0.05, 0.1) is 11.1 Å². The van der Waals surface area contributed by atoms with Gasteiger partial charge < -0.3 is 5.32 Å². The summed E-state index contributed by atoms with van der Waals surface area (Å²) in [4.78, 5) is 14.3. The van der Waals surface area contributed by atoms with Gasteiger partial charge in [0.15, 0.2) is 0 Å². The van der Waals surface area contributed by atoms with E-state index >= 15 is 0 Å². The van der Waals surface area contributed by atoms with Crippen molar-refractivity contribution in [2.24, 2.45) is 0 Å². The number of alkyl halides is 3. The zero-order valence-electron chi connectivity index (χ0n) is 11.9. The largest absolute Gasteiger partial charge is 0.417 e. The van der Waals surface area contributed by atoms with Crippen LogP contribution < -0.4 is 5.32 Å². The minimum Gasteiger partial charge on any atom is -0.350 e. The van der Waals surface area contributed by atoms with Crippen LogP contribution in [-0.4, -0.2) is 36.5 Å². The van der Waals surface area contributed by atoms with Crippen LogP contribution in [0.3, 0.4) is 0 Å². The summed E-state index contributed by atoms with van der Waals surface area (Å²) in [7, 11) is 0.